The molecule has 0 unspecified atom stereocenters. The van der Waals surface area contributed by atoms with Gasteiger partial charge in [-0.3, -0.25) is 0 Å². The third-order valence-electron chi connectivity index (χ3n) is 2.63. The normalized spacial score (nSPS) is 12.3. The molecule has 0 spiro atoms. The van der Waals surface area contributed by atoms with Crippen LogP contribution in [0.3, 0.4) is 0 Å². The smallest absolute Gasteiger partial charge is 0.405 e. The van der Waals surface area contributed by atoms with E-state index in [0.717, 1.165) is 0 Å². The summed E-state index contributed by atoms with van der Waals surface area (Å²) in [7, 11) is -3.62. The fourth-order valence-electron chi connectivity index (χ4n) is 1.68. The molecule has 7 nitrogen and oxygen atoms in total. The Balaban J connectivity index is 0.00000576. The molecule has 0 aliphatic heterocycles. The first-order chi connectivity index (χ1) is 11.1. The Morgan fingerprint density at radius 2 is 1.92 bits per heavy atom. The molecule has 1 aromatic carbocycles. The zero-order chi connectivity index (χ0) is 18.2. The first kappa shape index (κ1) is 23.7. The number of ether oxygens (including phenoxy) is 1. The quantitative estimate of drug-likeness (QED) is 0.302. The number of alkyl halides is 3. The van der Waals surface area contributed by atoms with Gasteiger partial charge in [0, 0.05) is 18.7 Å². The maximum atomic E-state index is 12.4. The number of para-hydroxylation sites is 1. The molecule has 0 saturated carbocycles. The Morgan fingerprint density at radius 3 is 2.48 bits per heavy atom. The molecule has 0 bridgehead atoms. The number of nitrogens with zero attached hydrogens (tertiary/aromatic N) is 1. The van der Waals surface area contributed by atoms with Gasteiger partial charge in [0.2, 0.25) is 10.0 Å². The average molecular weight is 496 g/mol. The molecule has 0 atom stereocenters. The largest absolute Gasteiger partial charge is 0.573 e. The molecule has 25 heavy (non-hydrogen) atoms. The van der Waals surface area contributed by atoms with Crippen molar-refractivity contribution < 1.29 is 26.3 Å². The zero-order valence-electron chi connectivity index (χ0n) is 13.3. The molecule has 4 N–H and O–H groups in total. The highest BCUT2D eigenvalue weighted by Gasteiger charge is 2.31. The summed E-state index contributed by atoms with van der Waals surface area (Å²) in [4.78, 5) is 4.11. The van der Waals surface area contributed by atoms with E-state index in [2.05, 4.69) is 20.4 Å². The monoisotopic (exact) mass is 496 g/mol. The van der Waals surface area contributed by atoms with Crippen molar-refractivity contribution in [3.05, 3.63) is 29.8 Å². The van der Waals surface area contributed by atoms with Crippen LogP contribution in [0.5, 0.6) is 5.75 Å². The summed E-state index contributed by atoms with van der Waals surface area (Å²) in [6.45, 7) is 2.21. The molecule has 12 heteroatoms. The van der Waals surface area contributed by atoms with Gasteiger partial charge in [-0.05, 0) is 13.0 Å². The Labute approximate surface area is 161 Å². The molecular weight excluding hydrogens is 476 g/mol. The van der Waals surface area contributed by atoms with E-state index in [1.807, 2.05) is 0 Å². The van der Waals surface area contributed by atoms with Crippen molar-refractivity contribution in [2.75, 3.05) is 18.8 Å². The third-order valence-corrected chi connectivity index (χ3v) is 3.40. The summed E-state index contributed by atoms with van der Waals surface area (Å²) in [6.07, 6.45) is -4.79. The van der Waals surface area contributed by atoms with Gasteiger partial charge in [-0.25, -0.2) is 18.5 Å². The van der Waals surface area contributed by atoms with Gasteiger partial charge in [0.15, 0.2) is 5.96 Å². The van der Waals surface area contributed by atoms with Crippen LogP contribution in [-0.2, 0) is 16.6 Å². The third kappa shape index (κ3) is 11.0. The summed E-state index contributed by atoms with van der Waals surface area (Å²) in [6, 6.07) is 5.64. The molecule has 0 saturated heterocycles. The Kier molecular flexibility index (Phi) is 10.1. The van der Waals surface area contributed by atoms with E-state index in [-0.39, 0.29) is 60.1 Å². The van der Waals surface area contributed by atoms with E-state index in [0.29, 0.717) is 6.54 Å². The second kappa shape index (κ2) is 10.7. The lowest BCUT2D eigenvalue weighted by molar-refractivity contribution is -0.274. The molecule has 0 aromatic heterocycles. The minimum absolute atomic E-state index is 0. The highest BCUT2D eigenvalue weighted by Crippen LogP contribution is 2.26. The maximum absolute atomic E-state index is 12.4. The number of hydrogen-bond acceptors (Lipinski definition) is 4. The number of rotatable bonds is 7. The number of sulfonamides is 1. The fraction of sp³-hybridized carbons (Fsp3) is 0.462. The van der Waals surface area contributed by atoms with E-state index in [1.54, 1.807) is 13.0 Å². The van der Waals surface area contributed by atoms with Crippen LogP contribution in [0, 0.1) is 0 Å². The first-order valence-electron chi connectivity index (χ1n) is 6.97. The van der Waals surface area contributed by atoms with Crippen LogP contribution >= 0.6 is 24.0 Å². The van der Waals surface area contributed by atoms with Gasteiger partial charge in [0.25, 0.3) is 0 Å². The zero-order valence-corrected chi connectivity index (χ0v) is 16.5. The van der Waals surface area contributed by atoms with Gasteiger partial charge in [0.05, 0.1) is 12.3 Å². The summed E-state index contributed by atoms with van der Waals surface area (Å²) >= 11 is 0. The predicted molar refractivity (Wildman–Crippen MR) is 99.3 cm³/mol. The Bertz CT molecular complexity index is 669. The molecular formula is C13H20F3IN4O3S. The Hall–Kier alpha value is -1.28. The van der Waals surface area contributed by atoms with Crippen molar-refractivity contribution in [1.82, 2.24) is 10.6 Å². The lowest BCUT2D eigenvalue weighted by Gasteiger charge is -2.13. The van der Waals surface area contributed by atoms with Crippen LogP contribution in [0.4, 0.5) is 13.2 Å². The molecule has 0 amide bonds. The van der Waals surface area contributed by atoms with Crippen LogP contribution in [0.25, 0.3) is 0 Å². The van der Waals surface area contributed by atoms with Gasteiger partial charge in [-0.2, -0.15) is 0 Å². The summed E-state index contributed by atoms with van der Waals surface area (Å²) in [5.41, 5.74) is 0.235. The lowest BCUT2D eigenvalue weighted by atomic mass is 10.2. The van der Waals surface area contributed by atoms with Crippen molar-refractivity contribution in [2.24, 2.45) is 10.1 Å². The predicted octanol–water partition coefficient (Wildman–Crippen LogP) is 1.55. The van der Waals surface area contributed by atoms with Gasteiger partial charge < -0.3 is 15.4 Å². The fourth-order valence-corrected chi connectivity index (χ4v) is 2.06. The summed E-state index contributed by atoms with van der Waals surface area (Å²) in [5, 5.41) is 10.5. The molecule has 0 aliphatic carbocycles. The van der Waals surface area contributed by atoms with Crippen molar-refractivity contribution >= 4 is 40.0 Å². The second-order valence-corrected chi connectivity index (χ2v) is 6.38. The minimum atomic E-state index is -4.79. The van der Waals surface area contributed by atoms with E-state index in [4.69, 9.17) is 5.14 Å². The minimum Gasteiger partial charge on any atom is -0.405 e. The number of guanidine groups is 1. The SMILES string of the molecule is CCNC(=NCc1ccccc1OC(F)(F)F)NCCS(N)(=O)=O.I. The maximum Gasteiger partial charge on any atom is 0.573 e. The van der Waals surface area contributed by atoms with Crippen LogP contribution in [0.1, 0.15) is 12.5 Å². The molecule has 144 valence electrons. The van der Waals surface area contributed by atoms with Crippen LogP contribution in [-0.4, -0.2) is 39.6 Å². The number of nitrogens with one attached hydrogen (secondary N) is 2. The summed E-state index contributed by atoms with van der Waals surface area (Å²) < 4.78 is 62.8. The van der Waals surface area contributed by atoms with Gasteiger partial charge in [-0.1, -0.05) is 18.2 Å². The van der Waals surface area contributed by atoms with Crippen molar-refractivity contribution in [1.29, 1.82) is 0 Å². The highest BCUT2D eigenvalue weighted by atomic mass is 127. The number of halogens is 4. The average Bonchev–Trinajstić information content (AvgIpc) is 2.43. The van der Waals surface area contributed by atoms with Gasteiger partial charge >= 0.3 is 6.36 Å². The second-order valence-electron chi connectivity index (χ2n) is 4.64. The van der Waals surface area contributed by atoms with Gasteiger partial charge in [0.1, 0.15) is 5.75 Å². The summed E-state index contributed by atoms with van der Waals surface area (Å²) in [5.74, 6) is -0.386. The van der Waals surface area contributed by atoms with Crippen molar-refractivity contribution in [2.45, 2.75) is 19.8 Å². The number of hydrogen-bond donors (Lipinski definition) is 3. The molecule has 1 aromatic rings. The molecule has 1 rings (SSSR count). The lowest BCUT2D eigenvalue weighted by Crippen LogP contribution is -2.40. The number of nitrogens with two attached hydrogens (primary N) is 1. The van der Waals surface area contributed by atoms with Gasteiger partial charge in [-0.15, -0.1) is 37.1 Å². The van der Waals surface area contributed by atoms with Crippen LogP contribution in [0.15, 0.2) is 29.3 Å². The Morgan fingerprint density at radius 1 is 1.28 bits per heavy atom. The molecule has 0 heterocycles. The molecule has 0 radical (unpaired) electrons. The van der Waals surface area contributed by atoms with Crippen LogP contribution < -0.4 is 20.5 Å². The van der Waals surface area contributed by atoms with Crippen molar-refractivity contribution in [3.63, 3.8) is 0 Å². The first-order valence-corrected chi connectivity index (χ1v) is 8.68. The van der Waals surface area contributed by atoms with E-state index in [9.17, 15) is 21.6 Å². The topological polar surface area (TPSA) is 106 Å². The molecule has 0 aliphatic rings. The van der Waals surface area contributed by atoms with E-state index in [1.165, 1.54) is 18.2 Å². The van der Waals surface area contributed by atoms with E-state index < -0.39 is 16.4 Å². The number of primary sulfonamides is 1. The highest BCUT2D eigenvalue weighted by molar-refractivity contribution is 14.0. The van der Waals surface area contributed by atoms with Crippen molar-refractivity contribution in [3.8, 4) is 5.75 Å². The van der Waals surface area contributed by atoms with Crippen LogP contribution in [0.2, 0.25) is 0 Å². The standard InChI is InChI=1S/C13H19F3N4O3S.HI/c1-2-18-12(19-7-8-24(17,21)22)20-9-10-5-3-4-6-11(10)23-13(14,15)16;/h3-6H,2,7-9H2,1H3,(H2,17,21,22)(H2,18,19,20);1H. The number of benzene rings is 1. The molecule has 0 fully saturated rings. The number of aliphatic imine (C=N–C) groups is 1. The van der Waals surface area contributed by atoms with E-state index >= 15 is 0 Å².